The lowest BCUT2D eigenvalue weighted by atomic mass is 9.97. The van der Waals surface area contributed by atoms with Crippen LogP contribution in [0.1, 0.15) is 59.3 Å². The van der Waals surface area contributed by atoms with Crippen LogP contribution in [-0.2, 0) is 4.79 Å². The first-order valence-electron chi connectivity index (χ1n) is 7.23. The van der Waals surface area contributed by atoms with Gasteiger partial charge in [0, 0.05) is 6.04 Å². The summed E-state index contributed by atoms with van der Waals surface area (Å²) < 4.78 is 0. The van der Waals surface area contributed by atoms with Crippen molar-refractivity contribution < 1.29 is 4.79 Å². The van der Waals surface area contributed by atoms with Gasteiger partial charge in [0.2, 0.25) is 5.91 Å². The lowest BCUT2D eigenvalue weighted by molar-refractivity contribution is -0.132. The van der Waals surface area contributed by atoms with E-state index in [1.165, 1.54) is 25.7 Å². The van der Waals surface area contributed by atoms with Crippen LogP contribution in [0.4, 0.5) is 0 Å². The highest BCUT2D eigenvalue weighted by molar-refractivity contribution is 5.84. The maximum absolute atomic E-state index is 12.4. The van der Waals surface area contributed by atoms with Crippen LogP contribution in [0, 0.1) is 5.92 Å². The standard InChI is InChI=1S/C14H26N2O/c1-4-7-13-14(17)16(11(3)15-13)10(2)12-8-5-6-9-12/h10-13,15H,4-9H2,1-3H3. The molecule has 17 heavy (non-hydrogen) atoms. The zero-order chi connectivity index (χ0) is 12.4. The minimum atomic E-state index is 0.0684. The second-order valence-electron chi connectivity index (χ2n) is 5.71. The molecule has 1 saturated heterocycles. The average Bonchev–Trinajstić information content (AvgIpc) is 2.89. The van der Waals surface area contributed by atoms with Gasteiger partial charge in [0.15, 0.2) is 0 Å². The minimum Gasteiger partial charge on any atom is -0.323 e. The van der Waals surface area contributed by atoms with Gasteiger partial charge < -0.3 is 4.90 Å². The first-order valence-corrected chi connectivity index (χ1v) is 7.23. The Balaban J connectivity index is 2.01. The third kappa shape index (κ3) is 2.49. The fourth-order valence-corrected chi connectivity index (χ4v) is 3.53. The van der Waals surface area contributed by atoms with Crippen LogP contribution < -0.4 is 5.32 Å². The molecule has 1 aliphatic carbocycles. The lowest BCUT2D eigenvalue weighted by Crippen LogP contribution is -2.44. The molecular formula is C14H26N2O. The van der Waals surface area contributed by atoms with Crippen LogP contribution in [0.2, 0.25) is 0 Å². The number of nitrogens with zero attached hydrogens (tertiary/aromatic N) is 1. The maximum Gasteiger partial charge on any atom is 0.241 e. The Labute approximate surface area is 105 Å². The molecule has 2 fully saturated rings. The van der Waals surface area contributed by atoms with E-state index in [1.54, 1.807) is 0 Å². The summed E-state index contributed by atoms with van der Waals surface area (Å²) in [5.41, 5.74) is 0. The van der Waals surface area contributed by atoms with Crippen LogP contribution in [0.5, 0.6) is 0 Å². The molecule has 3 unspecified atom stereocenters. The van der Waals surface area contributed by atoms with Crippen LogP contribution in [0.25, 0.3) is 0 Å². The van der Waals surface area contributed by atoms with Gasteiger partial charge in [-0.2, -0.15) is 0 Å². The summed E-state index contributed by atoms with van der Waals surface area (Å²) in [6.07, 6.45) is 7.55. The number of amides is 1. The smallest absolute Gasteiger partial charge is 0.241 e. The summed E-state index contributed by atoms with van der Waals surface area (Å²) in [6, 6.07) is 0.480. The van der Waals surface area contributed by atoms with Gasteiger partial charge in [-0.1, -0.05) is 26.2 Å². The third-order valence-electron chi connectivity index (χ3n) is 4.51. The van der Waals surface area contributed by atoms with Crippen LogP contribution in [0.3, 0.4) is 0 Å². The van der Waals surface area contributed by atoms with Crippen LogP contribution >= 0.6 is 0 Å². The van der Waals surface area contributed by atoms with Gasteiger partial charge in [-0.05, 0) is 39.0 Å². The zero-order valence-electron chi connectivity index (χ0n) is 11.4. The van der Waals surface area contributed by atoms with E-state index in [0.717, 1.165) is 18.8 Å². The molecule has 0 spiro atoms. The van der Waals surface area contributed by atoms with Crippen molar-refractivity contribution in [2.75, 3.05) is 0 Å². The second kappa shape index (κ2) is 5.38. The number of hydrogen-bond acceptors (Lipinski definition) is 2. The molecule has 2 rings (SSSR count). The summed E-state index contributed by atoms with van der Waals surface area (Å²) >= 11 is 0. The summed E-state index contributed by atoms with van der Waals surface area (Å²) in [7, 11) is 0. The van der Waals surface area contributed by atoms with Crippen molar-refractivity contribution in [2.45, 2.75) is 77.5 Å². The summed E-state index contributed by atoms with van der Waals surface area (Å²) in [5, 5.41) is 3.44. The highest BCUT2D eigenvalue weighted by Gasteiger charge is 2.40. The van der Waals surface area contributed by atoms with Crippen molar-refractivity contribution in [1.82, 2.24) is 10.2 Å². The Morgan fingerprint density at radius 2 is 2.06 bits per heavy atom. The van der Waals surface area contributed by atoms with E-state index in [1.807, 2.05) is 0 Å². The Kier molecular flexibility index (Phi) is 4.08. The third-order valence-corrected chi connectivity index (χ3v) is 4.51. The van der Waals surface area contributed by atoms with Crippen molar-refractivity contribution in [3.05, 3.63) is 0 Å². The van der Waals surface area contributed by atoms with Gasteiger partial charge in [-0.3, -0.25) is 10.1 Å². The minimum absolute atomic E-state index is 0.0684. The molecule has 1 saturated carbocycles. The SMILES string of the molecule is CCCC1NC(C)N(C(C)C2CCCC2)C1=O. The summed E-state index contributed by atoms with van der Waals surface area (Å²) in [4.78, 5) is 14.5. The Bertz CT molecular complexity index is 273. The van der Waals surface area contributed by atoms with E-state index >= 15 is 0 Å². The van der Waals surface area contributed by atoms with Gasteiger partial charge in [-0.25, -0.2) is 0 Å². The van der Waals surface area contributed by atoms with Gasteiger partial charge in [0.05, 0.1) is 12.2 Å². The van der Waals surface area contributed by atoms with Gasteiger partial charge in [0.1, 0.15) is 0 Å². The maximum atomic E-state index is 12.4. The molecule has 1 aliphatic heterocycles. The van der Waals surface area contributed by atoms with Crippen LogP contribution in [0.15, 0.2) is 0 Å². The Hall–Kier alpha value is -0.570. The molecule has 1 amide bonds. The first-order chi connectivity index (χ1) is 8.15. The number of carbonyl (C=O) groups is 1. The van der Waals surface area contributed by atoms with Crippen molar-refractivity contribution in [2.24, 2.45) is 5.92 Å². The largest absolute Gasteiger partial charge is 0.323 e. The molecule has 3 atom stereocenters. The van der Waals surface area contributed by atoms with Gasteiger partial charge in [-0.15, -0.1) is 0 Å². The first kappa shape index (κ1) is 12.9. The van der Waals surface area contributed by atoms with E-state index < -0.39 is 0 Å². The van der Waals surface area contributed by atoms with Crippen molar-refractivity contribution >= 4 is 5.91 Å². The number of rotatable bonds is 4. The predicted octanol–water partition coefficient (Wildman–Crippen LogP) is 2.51. The highest BCUT2D eigenvalue weighted by Crippen LogP contribution is 2.32. The summed E-state index contributed by atoms with van der Waals surface area (Å²) in [6.45, 7) is 6.50. The lowest BCUT2D eigenvalue weighted by Gasteiger charge is -2.32. The molecule has 3 nitrogen and oxygen atoms in total. The van der Waals surface area contributed by atoms with E-state index in [2.05, 4.69) is 31.0 Å². The number of nitrogens with one attached hydrogen (secondary N) is 1. The Morgan fingerprint density at radius 1 is 1.41 bits per heavy atom. The molecule has 1 heterocycles. The fraction of sp³-hybridized carbons (Fsp3) is 0.929. The molecule has 0 bridgehead atoms. The average molecular weight is 238 g/mol. The second-order valence-corrected chi connectivity index (χ2v) is 5.71. The number of hydrogen-bond donors (Lipinski definition) is 1. The Morgan fingerprint density at radius 3 is 2.65 bits per heavy atom. The molecule has 1 N–H and O–H groups in total. The van der Waals surface area contributed by atoms with Crippen molar-refractivity contribution in [3.8, 4) is 0 Å². The summed E-state index contributed by atoms with van der Waals surface area (Å²) in [5.74, 6) is 1.06. The van der Waals surface area contributed by atoms with E-state index in [0.29, 0.717) is 11.9 Å². The molecule has 0 radical (unpaired) electrons. The molecule has 98 valence electrons. The molecule has 0 aromatic carbocycles. The van der Waals surface area contributed by atoms with Gasteiger partial charge in [0.25, 0.3) is 0 Å². The van der Waals surface area contributed by atoms with E-state index in [-0.39, 0.29) is 12.2 Å². The van der Waals surface area contributed by atoms with E-state index in [4.69, 9.17) is 0 Å². The monoisotopic (exact) mass is 238 g/mol. The molecular weight excluding hydrogens is 212 g/mol. The van der Waals surface area contributed by atoms with Crippen molar-refractivity contribution in [3.63, 3.8) is 0 Å². The van der Waals surface area contributed by atoms with Crippen molar-refractivity contribution in [1.29, 1.82) is 0 Å². The molecule has 0 aromatic rings. The molecule has 3 heteroatoms. The zero-order valence-corrected chi connectivity index (χ0v) is 11.4. The highest BCUT2D eigenvalue weighted by atomic mass is 16.2. The molecule has 0 aromatic heterocycles. The number of carbonyl (C=O) groups excluding carboxylic acids is 1. The fourth-order valence-electron chi connectivity index (χ4n) is 3.53. The van der Waals surface area contributed by atoms with E-state index in [9.17, 15) is 4.79 Å². The molecule has 2 aliphatic rings. The topological polar surface area (TPSA) is 32.3 Å². The van der Waals surface area contributed by atoms with Crippen LogP contribution in [-0.4, -0.2) is 29.1 Å². The predicted molar refractivity (Wildman–Crippen MR) is 69.6 cm³/mol. The quantitative estimate of drug-likeness (QED) is 0.816. The normalized spacial score (nSPS) is 32.4. The van der Waals surface area contributed by atoms with Gasteiger partial charge >= 0.3 is 0 Å².